The lowest BCUT2D eigenvalue weighted by molar-refractivity contribution is -0.132. The molecule has 0 saturated carbocycles. The third-order valence-corrected chi connectivity index (χ3v) is 4.51. The monoisotopic (exact) mass is 420 g/mol. The van der Waals surface area contributed by atoms with Gasteiger partial charge in [-0.2, -0.15) is 0 Å². The number of methoxy groups -OCH3 is 1. The molecule has 0 aliphatic heterocycles. The zero-order chi connectivity index (χ0) is 22.7. The van der Waals surface area contributed by atoms with Crippen LogP contribution in [-0.2, 0) is 20.9 Å². The minimum Gasteiger partial charge on any atom is -0.497 e. The van der Waals surface area contributed by atoms with Crippen molar-refractivity contribution in [2.24, 2.45) is 5.92 Å². The van der Waals surface area contributed by atoms with E-state index in [1.807, 2.05) is 12.1 Å². The number of benzene rings is 1. The van der Waals surface area contributed by atoms with Gasteiger partial charge in [0.25, 0.3) is 0 Å². The van der Waals surface area contributed by atoms with Gasteiger partial charge in [-0.3, -0.25) is 14.4 Å². The van der Waals surface area contributed by atoms with Crippen molar-refractivity contribution in [1.82, 2.24) is 16.0 Å². The summed E-state index contributed by atoms with van der Waals surface area (Å²) in [5.41, 5.74) is 0.854. The van der Waals surface area contributed by atoms with Crippen LogP contribution in [0, 0.1) is 11.3 Å². The molecule has 1 aromatic rings. The Morgan fingerprint density at radius 3 is 2.23 bits per heavy atom. The van der Waals surface area contributed by atoms with E-state index < -0.39 is 30.0 Å². The van der Waals surface area contributed by atoms with Crippen molar-refractivity contribution in [2.45, 2.75) is 58.3 Å². The molecule has 3 amide bonds. The minimum atomic E-state index is -1.00. The topological polar surface area (TPSA) is 141 Å². The number of rotatable bonds is 12. The van der Waals surface area contributed by atoms with E-state index in [0.717, 1.165) is 11.8 Å². The Balaban J connectivity index is 2.83. The molecule has 30 heavy (non-hydrogen) atoms. The average Bonchev–Trinajstić information content (AvgIpc) is 2.72. The van der Waals surface area contributed by atoms with Crippen LogP contribution in [-0.4, -0.2) is 54.3 Å². The highest BCUT2D eigenvalue weighted by Crippen LogP contribution is 2.11. The van der Waals surface area contributed by atoms with Crippen LogP contribution in [0.1, 0.15) is 39.2 Å². The summed E-state index contributed by atoms with van der Waals surface area (Å²) < 4.78 is 5.10. The predicted octanol–water partition coefficient (Wildman–Crippen LogP) is 0.748. The number of nitrogens with one attached hydrogen (secondary N) is 4. The summed E-state index contributed by atoms with van der Waals surface area (Å²) in [5.74, 6) is -0.711. The van der Waals surface area contributed by atoms with Crippen molar-refractivity contribution in [2.75, 3.05) is 7.11 Å². The molecule has 0 spiro atoms. The molecule has 0 aliphatic carbocycles. The van der Waals surface area contributed by atoms with Gasteiger partial charge in [0.05, 0.1) is 13.2 Å². The van der Waals surface area contributed by atoms with Crippen molar-refractivity contribution in [3.8, 4) is 5.75 Å². The van der Waals surface area contributed by atoms with E-state index in [0.29, 0.717) is 5.75 Å². The highest BCUT2D eigenvalue weighted by molar-refractivity contribution is 5.91. The smallest absolute Gasteiger partial charge is 0.243 e. The molecule has 5 N–H and O–H groups in total. The number of aliphatic hydroxyl groups is 1. The number of amides is 3. The third-order valence-electron chi connectivity index (χ3n) is 4.51. The first-order valence-electron chi connectivity index (χ1n) is 9.84. The molecule has 1 unspecified atom stereocenters. The van der Waals surface area contributed by atoms with E-state index in [-0.39, 0.29) is 31.2 Å². The number of carbonyl (C=O) groups is 3. The van der Waals surface area contributed by atoms with Gasteiger partial charge in [0.15, 0.2) is 0 Å². The normalized spacial score (nSPS) is 13.7. The summed E-state index contributed by atoms with van der Waals surface area (Å²) in [5, 5.41) is 24.8. The largest absolute Gasteiger partial charge is 0.497 e. The Morgan fingerprint density at radius 2 is 1.73 bits per heavy atom. The van der Waals surface area contributed by atoms with Crippen molar-refractivity contribution in [3.63, 3.8) is 0 Å². The second-order valence-corrected chi connectivity index (χ2v) is 7.36. The lowest BCUT2D eigenvalue weighted by Crippen LogP contribution is -2.55. The molecule has 9 nitrogen and oxygen atoms in total. The lowest BCUT2D eigenvalue weighted by Gasteiger charge is -2.25. The Bertz CT molecular complexity index is 721. The first-order valence-corrected chi connectivity index (χ1v) is 9.84. The summed E-state index contributed by atoms with van der Waals surface area (Å²) in [7, 11) is 1.57. The number of carbonyl (C=O) groups excluding carboxylic acids is 3. The fourth-order valence-electron chi connectivity index (χ4n) is 2.76. The molecule has 1 rings (SSSR count). The summed E-state index contributed by atoms with van der Waals surface area (Å²) in [6.45, 7) is 5.15. The van der Waals surface area contributed by atoms with E-state index in [1.165, 1.54) is 6.92 Å². The standard InChI is InChI=1S/C21H32N4O5/c1-13(2)19(24-14(3)26)21(29)25-18(10-7-16(27)11-22)20(28)23-12-15-5-8-17(30-4)9-6-15/h5-6,8-9,11,13,16,18-19,22,27H,7,10,12H2,1-4H3,(H,23,28)(H,24,26)(H,25,29)/t16?,18-,19-/m0/s1. The van der Waals surface area contributed by atoms with Gasteiger partial charge in [-0.15, -0.1) is 0 Å². The van der Waals surface area contributed by atoms with Gasteiger partial charge in [-0.05, 0) is 36.5 Å². The van der Waals surface area contributed by atoms with Crippen LogP contribution in [0.25, 0.3) is 0 Å². The lowest BCUT2D eigenvalue weighted by atomic mass is 10.0. The molecule has 0 heterocycles. The molecule has 0 aromatic heterocycles. The summed E-state index contributed by atoms with van der Waals surface area (Å²) in [6, 6.07) is 5.49. The molecule has 3 atom stereocenters. The summed E-state index contributed by atoms with van der Waals surface area (Å²) in [4.78, 5) is 36.8. The molecule has 0 radical (unpaired) electrons. The van der Waals surface area contributed by atoms with E-state index in [1.54, 1.807) is 33.1 Å². The molecule has 9 heteroatoms. The van der Waals surface area contributed by atoms with Gasteiger partial charge >= 0.3 is 0 Å². The first-order chi connectivity index (χ1) is 14.2. The third kappa shape index (κ3) is 8.60. The van der Waals surface area contributed by atoms with Crippen LogP contribution < -0.4 is 20.7 Å². The van der Waals surface area contributed by atoms with Crippen molar-refractivity contribution in [3.05, 3.63) is 29.8 Å². The molecule has 0 aliphatic rings. The maximum atomic E-state index is 12.7. The minimum absolute atomic E-state index is 0.136. The van der Waals surface area contributed by atoms with Crippen LogP contribution in [0.2, 0.25) is 0 Å². The zero-order valence-corrected chi connectivity index (χ0v) is 17.9. The average molecular weight is 421 g/mol. The SMILES string of the molecule is COc1ccc(CNC(=O)[C@H](CCC(O)C=N)NC(=O)[C@@H](NC(C)=O)C(C)C)cc1. The van der Waals surface area contributed by atoms with E-state index >= 15 is 0 Å². The number of hydrogen-bond donors (Lipinski definition) is 5. The Kier molecular flexibility index (Phi) is 10.5. The Labute approximate surface area is 177 Å². The summed E-state index contributed by atoms with van der Waals surface area (Å²) >= 11 is 0. The van der Waals surface area contributed by atoms with Crippen molar-refractivity contribution >= 4 is 23.9 Å². The van der Waals surface area contributed by atoms with Gasteiger partial charge in [0.1, 0.15) is 17.8 Å². The molecule has 166 valence electrons. The molecule has 0 saturated heterocycles. The molecular weight excluding hydrogens is 388 g/mol. The highest BCUT2D eigenvalue weighted by atomic mass is 16.5. The van der Waals surface area contributed by atoms with E-state index in [2.05, 4.69) is 16.0 Å². The fourth-order valence-corrected chi connectivity index (χ4v) is 2.76. The van der Waals surface area contributed by atoms with Gasteiger partial charge in [0, 0.05) is 19.7 Å². The number of hydrogen-bond acceptors (Lipinski definition) is 6. The second-order valence-electron chi connectivity index (χ2n) is 7.36. The maximum Gasteiger partial charge on any atom is 0.243 e. The van der Waals surface area contributed by atoms with Gasteiger partial charge in [-0.25, -0.2) is 0 Å². The fraction of sp³-hybridized carbons (Fsp3) is 0.524. The van der Waals surface area contributed by atoms with Gasteiger partial charge in [-0.1, -0.05) is 26.0 Å². The van der Waals surface area contributed by atoms with Crippen molar-refractivity contribution < 1.29 is 24.2 Å². The van der Waals surface area contributed by atoms with Crippen LogP contribution in [0.4, 0.5) is 0 Å². The molecule has 0 fully saturated rings. The van der Waals surface area contributed by atoms with Gasteiger partial charge < -0.3 is 31.2 Å². The van der Waals surface area contributed by atoms with E-state index in [4.69, 9.17) is 10.1 Å². The molecule has 1 aromatic carbocycles. The van der Waals surface area contributed by atoms with Crippen LogP contribution in [0.5, 0.6) is 5.75 Å². The zero-order valence-electron chi connectivity index (χ0n) is 17.9. The number of aliphatic hydroxyl groups excluding tert-OH is 1. The molecule has 0 bridgehead atoms. The quantitative estimate of drug-likeness (QED) is 0.317. The summed E-state index contributed by atoms with van der Waals surface area (Å²) in [6.07, 6.45) is 0.149. The Morgan fingerprint density at radius 1 is 1.10 bits per heavy atom. The highest BCUT2D eigenvalue weighted by Gasteiger charge is 2.28. The second kappa shape index (κ2) is 12.6. The van der Waals surface area contributed by atoms with Crippen molar-refractivity contribution in [1.29, 1.82) is 5.41 Å². The number of ether oxygens (including phenoxy) is 1. The van der Waals surface area contributed by atoms with Crippen LogP contribution in [0.15, 0.2) is 24.3 Å². The van der Waals surface area contributed by atoms with Crippen LogP contribution >= 0.6 is 0 Å². The maximum absolute atomic E-state index is 12.7. The first kappa shape index (κ1) is 25.1. The van der Waals surface area contributed by atoms with E-state index in [9.17, 15) is 19.5 Å². The predicted molar refractivity (Wildman–Crippen MR) is 113 cm³/mol. The van der Waals surface area contributed by atoms with Gasteiger partial charge in [0.2, 0.25) is 17.7 Å². The Hall–Kier alpha value is -2.94. The molecular formula is C21H32N4O5. The van der Waals surface area contributed by atoms with Crippen LogP contribution in [0.3, 0.4) is 0 Å².